The fourth-order valence-corrected chi connectivity index (χ4v) is 2.53. The van der Waals surface area contributed by atoms with Crippen LogP contribution in [0.4, 0.5) is 0 Å². The Morgan fingerprint density at radius 2 is 2.10 bits per heavy atom. The summed E-state index contributed by atoms with van der Waals surface area (Å²) in [6.07, 6.45) is 3.15. The minimum Gasteiger partial charge on any atom is -0.355 e. The van der Waals surface area contributed by atoms with E-state index in [0.717, 1.165) is 12.8 Å². The number of aromatic nitrogens is 2. The molecule has 1 fully saturated rings. The molecule has 1 aliphatic carbocycles. The van der Waals surface area contributed by atoms with E-state index in [1.54, 1.807) is 6.92 Å². The van der Waals surface area contributed by atoms with Gasteiger partial charge in [0.15, 0.2) is 5.82 Å². The highest BCUT2D eigenvalue weighted by atomic mass is 16.5. The molecular formula is C16H19N3O2. The van der Waals surface area contributed by atoms with Gasteiger partial charge in [0.2, 0.25) is 11.8 Å². The van der Waals surface area contributed by atoms with E-state index in [1.807, 2.05) is 6.07 Å². The fraction of sp³-hybridized carbons (Fsp3) is 0.438. The van der Waals surface area contributed by atoms with Crippen molar-refractivity contribution in [2.24, 2.45) is 0 Å². The van der Waals surface area contributed by atoms with Gasteiger partial charge in [-0.25, -0.2) is 0 Å². The van der Waals surface area contributed by atoms with Crippen molar-refractivity contribution < 1.29 is 9.32 Å². The summed E-state index contributed by atoms with van der Waals surface area (Å²) in [7, 11) is 0. The zero-order chi connectivity index (χ0) is 14.7. The standard InChI is InChI=1S/C16H19N3O2/c1-12-18-15(21-19-12)8-7-14(20)17-11-16(9-10-16)13-5-3-2-4-6-13/h2-6H,7-11H2,1H3,(H,17,20). The average molecular weight is 285 g/mol. The quantitative estimate of drug-likeness (QED) is 0.883. The van der Waals surface area contributed by atoms with Gasteiger partial charge < -0.3 is 9.84 Å². The van der Waals surface area contributed by atoms with Crippen LogP contribution in [-0.2, 0) is 16.6 Å². The lowest BCUT2D eigenvalue weighted by atomic mass is 9.96. The Morgan fingerprint density at radius 3 is 2.71 bits per heavy atom. The highest BCUT2D eigenvalue weighted by molar-refractivity contribution is 5.76. The van der Waals surface area contributed by atoms with Crippen molar-refractivity contribution in [3.05, 3.63) is 47.6 Å². The van der Waals surface area contributed by atoms with Gasteiger partial charge in [-0.2, -0.15) is 4.98 Å². The van der Waals surface area contributed by atoms with Crippen LogP contribution in [0.3, 0.4) is 0 Å². The second kappa shape index (κ2) is 5.68. The molecule has 0 aliphatic heterocycles. The molecule has 0 saturated heterocycles. The van der Waals surface area contributed by atoms with Crippen LogP contribution in [0, 0.1) is 6.92 Å². The smallest absolute Gasteiger partial charge is 0.227 e. The summed E-state index contributed by atoms with van der Waals surface area (Å²) in [5, 5.41) is 6.74. The minimum absolute atomic E-state index is 0.0352. The first kappa shape index (κ1) is 13.8. The number of hydrogen-bond acceptors (Lipinski definition) is 4. The Hall–Kier alpha value is -2.17. The lowest BCUT2D eigenvalue weighted by Gasteiger charge is -2.16. The van der Waals surface area contributed by atoms with E-state index in [2.05, 4.69) is 39.7 Å². The third-order valence-corrected chi connectivity index (χ3v) is 4.00. The van der Waals surface area contributed by atoms with Crippen molar-refractivity contribution in [2.75, 3.05) is 6.54 Å². The Bertz CT molecular complexity index is 617. The van der Waals surface area contributed by atoms with Gasteiger partial charge in [-0.3, -0.25) is 4.79 Å². The van der Waals surface area contributed by atoms with E-state index in [4.69, 9.17) is 4.52 Å². The Balaban J connectivity index is 1.48. The minimum atomic E-state index is 0.0352. The molecule has 1 aromatic carbocycles. The average Bonchev–Trinajstić information content (AvgIpc) is 3.20. The van der Waals surface area contributed by atoms with Crippen LogP contribution in [0.2, 0.25) is 0 Å². The molecule has 3 rings (SSSR count). The molecule has 1 heterocycles. The predicted molar refractivity (Wildman–Crippen MR) is 77.7 cm³/mol. The molecule has 1 aliphatic rings. The van der Waals surface area contributed by atoms with Gasteiger partial charge >= 0.3 is 0 Å². The van der Waals surface area contributed by atoms with Crippen LogP contribution in [0.1, 0.15) is 36.5 Å². The number of benzene rings is 1. The van der Waals surface area contributed by atoms with Gasteiger partial charge in [-0.05, 0) is 25.3 Å². The summed E-state index contributed by atoms with van der Waals surface area (Å²) < 4.78 is 5.00. The number of carbonyl (C=O) groups is 1. The maximum Gasteiger partial charge on any atom is 0.227 e. The van der Waals surface area contributed by atoms with E-state index in [0.29, 0.717) is 31.1 Å². The van der Waals surface area contributed by atoms with Crippen molar-refractivity contribution >= 4 is 5.91 Å². The first-order chi connectivity index (χ1) is 10.2. The first-order valence-electron chi connectivity index (χ1n) is 7.29. The molecule has 1 amide bonds. The maximum absolute atomic E-state index is 11.9. The Morgan fingerprint density at radius 1 is 1.33 bits per heavy atom. The lowest BCUT2D eigenvalue weighted by molar-refractivity contribution is -0.121. The van der Waals surface area contributed by atoms with E-state index in [-0.39, 0.29) is 11.3 Å². The van der Waals surface area contributed by atoms with Gasteiger partial charge in [0.05, 0.1) is 0 Å². The van der Waals surface area contributed by atoms with Crippen molar-refractivity contribution in [1.82, 2.24) is 15.5 Å². The fourth-order valence-electron chi connectivity index (χ4n) is 2.53. The van der Waals surface area contributed by atoms with Crippen LogP contribution >= 0.6 is 0 Å². The van der Waals surface area contributed by atoms with Crippen LogP contribution < -0.4 is 5.32 Å². The molecule has 1 saturated carbocycles. The van der Waals surface area contributed by atoms with E-state index in [9.17, 15) is 4.79 Å². The van der Waals surface area contributed by atoms with Gasteiger partial charge in [0.1, 0.15) is 0 Å². The number of nitrogens with zero attached hydrogens (tertiary/aromatic N) is 2. The summed E-state index contributed by atoms with van der Waals surface area (Å²) in [4.78, 5) is 16.0. The number of carbonyl (C=O) groups excluding carboxylic acids is 1. The molecule has 21 heavy (non-hydrogen) atoms. The third kappa shape index (κ3) is 3.29. The monoisotopic (exact) mass is 285 g/mol. The molecule has 0 unspecified atom stereocenters. The van der Waals surface area contributed by atoms with Crippen LogP contribution in [0.25, 0.3) is 0 Å². The van der Waals surface area contributed by atoms with Crippen molar-refractivity contribution in [3.63, 3.8) is 0 Å². The van der Waals surface area contributed by atoms with Crippen LogP contribution in [0.15, 0.2) is 34.9 Å². The molecule has 0 spiro atoms. The molecule has 0 atom stereocenters. The SMILES string of the molecule is Cc1noc(CCC(=O)NCC2(c3ccccc3)CC2)n1. The first-order valence-corrected chi connectivity index (χ1v) is 7.29. The Kier molecular flexibility index (Phi) is 3.73. The number of nitrogens with one attached hydrogen (secondary N) is 1. The molecule has 1 aromatic heterocycles. The predicted octanol–water partition coefficient (Wildman–Crippen LogP) is 2.16. The van der Waals surface area contributed by atoms with Gasteiger partial charge in [-0.1, -0.05) is 35.5 Å². The normalized spacial score (nSPS) is 15.7. The summed E-state index contributed by atoms with van der Waals surface area (Å²) in [6.45, 7) is 2.47. The van der Waals surface area contributed by atoms with Crippen molar-refractivity contribution in [1.29, 1.82) is 0 Å². The number of rotatable bonds is 6. The van der Waals surface area contributed by atoms with E-state index < -0.39 is 0 Å². The summed E-state index contributed by atoms with van der Waals surface area (Å²) in [5.41, 5.74) is 1.47. The highest BCUT2D eigenvalue weighted by Gasteiger charge is 2.44. The maximum atomic E-state index is 11.9. The van der Waals surface area contributed by atoms with Gasteiger partial charge in [0, 0.05) is 24.8 Å². The molecule has 5 nitrogen and oxygen atoms in total. The van der Waals surface area contributed by atoms with Gasteiger partial charge in [0.25, 0.3) is 0 Å². The molecule has 5 heteroatoms. The van der Waals surface area contributed by atoms with Crippen molar-refractivity contribution in [2.45, 2.75) is 38.0 Å². The largest absolute Gasteiger partial charge is 0.355 e. The third-order valence-electron chi connectivity index (χ3n) is 4.00. The molecule has 110 valence electrons. The van der Waals surface area contributed by atoms with Crippen LogP contribution in [-0.4, -0.2) is 22.6 Å². The van der Waals surface area contributed by atoms with Crippen LogP contribution in [0.5, 0.6) is 0 Å². The molecule has 2 aromatic rings. The second-order valence-electron chi connectivity index (χ2n) is 5.66. The summed E-state index contributed by atoms with van der Waals surface area (Å²) >= 11 is 0. The number of amides is 1. The lowest BCUT2D eigenvalue weighted by Crippen LogP contribution is -2.32. The highest BCUT2D eigenvalue weighted by Crippen LogP contribution is 2.47. The van der Waals surface area contributed by atoms with Gasteiger partial charge in [-0.15, -0.1) is 0 Å². The number of hydrogen-bond donors (Lipinski definition) is 1. The zero-order valence-corrected chi connectivity index (χ0v) is 12.1. The Labute approximate surface area is 123 Å². The van der Waals surface area contributed by atoms with Crippen molar-refractivity contribution in [3.8, 4) is 0 Å². The van der Waals surface area contributed by atoms with E-state index in [1.165, 1.54) is 5.56 Å². The molecule has 0 bridgehead atoms. The molecular weight excluding hydrogens is 266 g/mol. The number of aryl methyl sites for hydroxylation is 2. The van der Waals surface area contributed by atoms with E-state index >= 15 is 0 Å². The summed E-state index contributed by atoms with van der Waals surface area (Å²) in [5.74, 6) is 1.16. The molecule has 0 radical (unpaired) electrons. The summed E-state index contributed by atoms with van der Waals surface area (Å²) in [6, 6.07) is 10.4. The zero-order valence-electron chi connectivity index (χ0n) is 12.1. The second-order valence-corrected chi connectivity index (χ2v) is 5.66. The molecule has 1 N–H and O–H groups in total. The topological polar surface area (TPSA) is 68.0 Å².